The Morgan fingerprint density at radius 2 is 1.84 bits per heavy atom. The van der Waals surface area contributed by atoms with Gasteiger partial charge in [0.05, 0.1) is 5.52 Å². The van der Waals surface area contributed by atoms with Gasteiger partial charge < -0.3 is 5.32 Å². The van der Waals surface area contributed by atoms with Crippen molar-refractivity contribution in [1.29, 1.82) is 0 Å². The molecular formula is C16H13ClN2. The molecule has 0 spiro atoms. The number of para-hydroxylation sites is 1. The van der Waals surface area contributed by atoms with E-state index in [4.69, 9.17) is 11.6 Å². The summed E-state index contributed by atoms with van der Waals surface area (Å²) in [5, 5.41) is 5.31. The molecule has 3 rings (SSSR count). The molecule has 0 saturated carbocycles. The molecule has 0 aliphatic rings. The molecule has 0 aliphatic carbocycles. The number of benzene rings is 2. The minimum Gasteiger partial charge on any atom is -0.355 e. The van der Waals surface area contributed by atoms with Gasteiger partial charge >= 0.3 is 0 Å². The maximum Gasteiger partial charge on any atom is 0.0722 e. The number of rotatable bonds is 2. The molecule has 3 heteroatoms. The average Bonchev–Trinajstić information content (AvgIpc) is 2.42. The summed E-state index contributed by atoms with van der Waals surface area (Å²) in [5.41, 5.74) is 4.21. The van der Waals surface area contributed by atoms with Crippen LogP contribution in [-0.2, 0) is 0 Å². The van der Waals surface area contributed by atoms with Gasteiger partial charge in [-0.1, -0.05) is 29.8 Å². The Balaban J connectivity index is 2.06. The van der Waals surface area contributed by atoms with Crippen LogP contribution in [0.3, 0.4) is 0 Å². The van der Waals surface area contributed by atoms with Crippen LogP contribution < -0.4 is 5.32 Å². The van der Waals surface area contributed by atoms with Crippen molar-refractivity contribution in [2.75, 3.05) is 5.32 Å². The van der Waals surface area contributed by atoms with Gasteiger partial charge in [0.2, 0.25) is 0 Å². The summed E-state index contributed by atoms with van der Waals surface area (Å²) in [6.07, 6.45) is 1.82. The second kappa shape index (κ2) is 4.90. The zero-order valence-electron chi connectivity index (χ0n) is 10.5. The minimum atomic E-state index is 0.752. The lowest BCUT2D eigenvalue weighted by molar-refractivity contribution is 1.39. The van der Waals surface area contributed by atoms with Crippen LogP contribution in [0, 0.1) is 6.92 Å². The first kappa shape index (κ1) is 12.0. The van der Waals surface area contributed by atoms with Crippen LogP contribution in [0.5, 0.6) is 0 Å². The Hall–Kier alpha value is -2.06. The molecule has 3 aromatic rings. The lowest BCUT2D eigenvalue weighted by Gasteiger charge is -2.12. The molecule has 0 fully saturated rings. The van der Waals surface area contributed by atoms with Crippen LogP contribution in [0.15, 0.2) is 54.7 Å². The van der Waals surface area contributed by atoms with E-state index in [0.29, 0.717) is 0 Å². The maximum absolute atomic E-state index is 5.98. The van der Waals surface area contributed by atoms with Gasteiger partial charge in [0.25, 0.3) is 0 Å². The van der Waals surface area contributed by atoms with Gasteiger partial charge in [-0.3, -0.25) is 4.98 Å². The molecule has 1 N–H and O–H groups in total. The molecule has 94 valence electrons. The van der Waals surface area contributed by atoms with E-state index in [1.54, 1.807) is 0 Å². The highest BCUT2D eigenvalue weighted by atomic mass is 35.5. The number of aryl methyl sites for hydroxylation is 1. The first-order valence-corrected chi connectivity index (χ1v) is 6.49. The van der Waals surface area contributed by atoms with Gasteiger partial charge in [0, 0.05) is 28.0 Å². The quantitative estimate of drug-likeness (QED) is 0.712. The third-order valence-corrected chi connectivity index (χ3v) is 3.34. The zero-order valence-corrected chi connectivity index (χ0v) is 11.3. The standard InChI is InChI=1S/C16H13ClN2/c1-11-10-12(17)6-7-14(11)19-16-8-9-18-15-5-3-2-4-13(15)16/h2-10H,1H3,(H,18,19). The number of pyridine rings is 1. The SMILES string of the molecule is Cc1cc(Cl)ccc1Nc1ccnc2ccccc12. The van der Waals surface area contributed by atoms with E-state index in [9.17, 15) is 0 Å². The molecule has 1 aromatic heterocycles. The van der Waals surface area contributed by atoms with Crippen LogP contribution in [0.1, 0.15) is 5.56 Å². The van der Waals surface area contributed by atoms with Crippen LogP contribution in [0.25, 0.3) is 10.9 Å². The normalized spacial score (nSPS) is 10.6. The van der Waals surface area contributed by atoms with Crippen molar-refractivity contribution in [3.05, 3.63) is 65.3 Å². The van der Waals surface area contributed by atoms with Crippen molar-refractivity contribution in [1.82, 2.24) is 4.98 Å². The Morgan fingerprint density at radius 3 is 2.68 bits per heavy atom. The first-order chi connectivity index (χ1) is 9.24. The fourth-order valence-corrected chi connectivity index (χ4v) is 2.34. The molecule has 0 bridgehead atoms. The fourth-order valence-electron chi connectivity index (χ4n) is 2.12. The lowest BCUT2D eigenvalue weighted by Crippen LogP contribution is -1.94. The molecule has 1 heterocycles. The summed E-state index contributed by atoms with van der Waals surface area (Å²) >= 11 is 5.98. The molecule has 2 aromatic carbocycles. The monoisotopic (exact) mass is 268 g/mol. The largest absolute Gasteiger partial charge is 0.355 e. The maximum atomic E-state index is 5.98. The van der Waals surface area contributed by atoms with Gasteiger partial charge in [-0.15, -0.1) is 0 Å². The third kappa shape index (κ3) is 2.40. The van der Waals surface area contributed by atoms with Crippen molar-refractivity contribution >= 4 is 33.9 Å². The van der Waals surface area contributed by atoms with E-state index >= 15 is 0 Å². The number of halogens is 1. The Morgan fingerprint density at radius 1 is 1.00 bits per heavy atom. The number of anilines is 2. The number of nitrogens with zero attached hydrogens (tertiary/aromatic N) is 1. The summed E-state index contributed by atoms with van der Waals surface area (Å²) in [4.78, 5) is 4.36. The third-order valence-electron chi connectivity index (χ3n) is 3.11. The zero-order chi connectivity index (χ0) is 13.2. The Kier molecular flexibility index (Phi) is 3.10. The van der Waals surface area contributed by atoms with Crippen molar-refractivity contribution < 1.29 is 0 Å². The summed E-state index contributed by atoms with van der Waals surface area (Å²) in [6, 6.07) is 15.9. The molecule has 0 aliphatic heterocycles. The Bertz CT molecular complexity index is 732. The van der Waals surface area contributed by atoms with Crippen LogP contribution in [0.4, 0.5) is 11.4 Å². The van der Waals surface area contributed by atoms with Crippen LogP contribution in [0.2, 0.25) is 5.02 Å². The van der Waals surface area contributed by atoms with Gasteiger partial charge in [0.15, 0.2) is 0 Å². The number of hydrogen-bond acceptors (Lipinski definition) is 2. The highest BCUT2D eigenvalue weighted by Crippen LogP contribution is 2.27. The van der Waals surface area contributed by atoms with Gasteiger partial charge in [-0.05, 0) is 42.8 Å². The number of nitrogens with one attached hydrogen (secondary N) is 1. The highest BCUT2D eigenvalue weighted by Gasteiger charge is 2.04. The molecule has 19 heavy (non-hydrogen) atoms. The van der Waals surface area contributed by atoms with E-state index in [1.165, 1.54) is 0 Å². The van der Waals surface area contributed by atoms with Crippen molar-refractivity contribution in [2.24, 2.45) is 0 Å². The minimum absolute atomic E-state index is 0.752. The van der Waals surface area contributed by atoms with Crippen molar-refractivity contribution in [3.63, 3.8) is 0 Å². The van der Waals surface area contributed by atoms with E-state index in [-0.39, 0.29) is 0 Å². The molecule has 0 radical (unpaired) electrons. The van der Waals surface area contributed by atoms with Crippen LogP contribution in [-0.4, -0.2) is 4.98 Å². The van der Waals surface area contributed by atoms with E-state index in [2.05, 4.69) is 16.4 Å². The summed E-state index contributed by atoms with van der Waals surface area (Å²) in [6.45, 7) is 2.04. The second-order valence-corrected chi connectivity index (χ2v) is 4.90. The lowest BCUT2D eigenvalue weighted by atomic mass is 10.1. The van der Waals surface area contributed by atoms with Crippen LogP contribution >= 0.6 is 11.6 Å². The van der Waals surface area contributed by atoms with E-state index in [1.807, 2.05) is 55.6 Å². The Labute approximate surface area is 117 Å². The summed E-state index contributed by atoms with van der Waals surface area (Å²) < 4.78 is 0. The van der Waals surface area contributed by atoms with E-state index in [0.717, 1.165) is 32.9 Å². The number of fused-ring (bicyclic) bond motifs is 1. The predicted octanol–water partition coefficient (Wildman–Crippen LogP) is 4.94. The van der Waals surface area contributed by atoms with E-state index < -0.39 is 0 Å². The molecular weight excluding hydrogens is 256 g/mol. The number of hydrogen-bond donors (Lipinski definition) is 1. The van der Waals surface area contributed by atoms with Crippen molar-refractivity contribution in [2.45, 2.75) is 6.92 Å². The summed E-state index contributed by atoms with van der Waals surface area (Å²) in [7, 11) is 0. The topological polar surface area (TPSA) is 24.9 Å². The molecule has 0 saturated heterocycles. The number of aromatic nitrogens is 1. The predicted molar refractivity (Wildman–Crippen MR) is 81.2 cm³/mol. The van der Waals surface area contributed by atoms with Gasteiger partial charge in [-0.25, -0.2) is 0 Å². The first-order valence-electron chi connectivity index (χ1n) is 6.11. The second-order valence-electron chi connectivity index (χ2n) is 4.46. The molecule has 0 atom stereocenters. The highest BCUT2D eigenvalue weighted by molar-refractivity contribution is 6.30. The average molecular weight is 269 g/mol. The molecule has 2 nitrogen and oxygen atoms in total. The van der Waals surface area contributed by atoms with Gasteiger partial charge in [-0.2, -0.15) is 0 Å². The summed E-state index contributed by atoms with van der Waals surface area (Å²) in [5.74, 6) is 0. The molecule has 0 amide bonds. The fraction of sp³-hybridized carbons (Fsp3) is 0.0625. The smallest absolute Gasteiger partial charge is 0.0722 e. The molecule has 0 unspecified atom stereocenters. The van der Waals surface area contributed by atoms with Gasteiger partial charge in [0.1, 0.15) is 0 Å². The van der Waals surface area contributed by atoms with Crippen molar-refractivity contribution in [3.8, 4) is 0 Å².